The second-order valence-corrected chi connectivity index (χ2v) is 5.43. The molecule has 0 N–H and O–H groups in total. The smallest absolute Gasteiger partial charge is 0.163 e. The summed E-state index contributed by atoms with van der Waals surface area (Å²) in [4.78, 5) is 0. The van der Waals surface area contributed by atoms with Crippen LogP contribution in [-0.4, -0.2) is 21.4 Å². The summed E-state index contributed by atoms with van der Waals surface area (Å²) < 4.78 is 7.77. The predicted octanol–water partition coefficient (Wildman–Crippen LogP) is 3.78. The minimum atomic E-state index is 0.571. The van der Waals surface area contributed by atoms with Gasteiger partial charge in [-0.3, -0.25) is 0 Å². The molecular formula is C16H23N3O. The number of unbranched alkanes of at least 4 members (excludes halogenated alkanes) is 1. The third kappa shape index (κ3) is 3.83. The van der Waals surface area contributed by atoms with Gasteiger partial charge in [-0.05, 0) is 36.6 Å². The maximum atomic E-state index is 5.67. The third-order valence-electron chi connectivity index (χ3n) is 3.06. The minimum absolute atomic E-state index is 0.571. The number of ether oxygens (including phenoxy) is 1. The molecule has 2 rings (SSSR count). The molecule has 0 radical (unpaired) electrons. The van der Waals surface area contributed by atoms with Gasteiger partial charge >= 0.3 is 0 Å². The van der Waals surface area contributed by atoms with Crippen molar-refractivity contribution in [3.05, 3.63) is 30.6 Å². The topological polar surface area (TPSA) is 39.9 Å². The first-order valence-electron chi connectivity index (χ1n) is 7.31. The van der Waals surface area contributed by atoms with Crippen LogP contribution < -0.4 is 4.74 Å². The molecule has 0 saturated carbocycles. The number of rotatable bonds is 7. The molecule has 0 aliphatic carbocycles. The van der Waals surface area contributed by atoms with Crippen LogP contribution >= 0.6 is 0 Å². The van der Waals surface area contributed by atoms with Crippen molar-refractivity contribution >= 4 is 0 Å². The number of hydrogen-bond acceptors (Lipinski definition) is 3. The molecule has 0 amide bonds. The lowest BCUT2D eigenvalue weighted by Crippen LogP contribution is -2.05. The maximum Gasteiger partial charge on any atom is 0.163 e. The highest BCUT2D eigenvalue weighted by Gasteiger charge is 2.08. The van der Waals surface area contributed by atoms with E-state index in [1.165, 1.54) is 0 Å². The Balaban J connectivity index is 2.08. The summed E-state index contributed by atoms with van der Waals surface area (Å²) in [5, 5.41) is 8.23. The van der Waals surface area contributed by atoms with Crippen LogP contribution in [0, 0.1) is 5.92 Å². The zero-order valence-corrected chi connectivity index (χ0v) is 12.5. The van der Waals surface area contributed by atoms with Crippen molar-refractivity contribution in [1.29, 1.82) is 0 Å². The van der Waals surface area contributed by atoms with E-state index in [0.717, 1.165) is 43.1 Å². The Morgan fingerprint density at radius 1 is 1.20 bits per heavy atom. The van der Waals surface area contributed by atoms with Crippen molar-refractivity contribution in [2.45, 2.75) is 40.2 Å². The van der Waals surface area contributed by atoms with Gasteiger partial charge in [-0.25, -0.2) is 0 Å². The van der Waals surface area contributed by atoms with E-state index in [9.17, 15) is 0 Å². The van der Waals surface area contributed by atoms with Crippen molar-refractivity contribution in [2.75, 3.05) is 6.61 Å². The molecule has 1 heterocycles. The summed E-state index contributed by atoms with van der Waals surface area (Å²) in [6.07, 6.45) is 4.03. The van der Waals surface area contributed by atoms with Gasteiger partial charge in [0.05, 0.1) is 6.61 Å². The third-order valence-corrected chi connectivity index (χ3v) is 3.06. The molecule has 0 unspecified atom stereocenters. The minimum Gasteiger partial charge on any atom is -0.494 e. The van der Waals surface area contributed by atoms with Gasteiger partial charge in [-0.1, -0.05) is 27.2 Å². The van der Waals surface area contributed by atoms with E-state index in [1.54, 1.807) is 6.33 Å². The van der Waals surface area contributed by atoms with E-state index in [2.05, 4.69) is 35.5 Å². The standard InChI is InChI=1S/C16H23N3O/c1-4-5-10-20-15-8-6-14(7-9-15)16-18-17-12-19(16)11-13(2)3/h6-9,12-13H,4-5,10-11H2,1-3H3. The highest BCUT2D eigenvalue weighted by Crippen LogP contribution is 2.21. The first-order valence-corrected chi connectivity index (χ1v) is 7.31. The van der Waals surface area contributed by atoms with Crippen molar-refractivity contribution in [3.63, 3.8) is 0 Å². The first kappa shape index (κ1) is 14.6. The van der Waals surface area contributed by atoms with E-state index in [0.29, 0.717) is 5.92 Å². The Bertz CT molecular complexity index is 517. The van der Waals surface area contributed by atoms with Gasteiger partial charge in [0.2, 0.25) is 0 Å². The van der Waals surface area contributed by atoms with Crippen LogP contribution in [0.3, 0.4) is 0 Å². The Morgan fingerprint density at radius 3 is 2.60 bits per heavy atom. The summed E-state index contributed by atoms with van der Waals surface area (Å²) in [6, 6.07) is 8.09. The average Bonchev–Trinajstić information content (AvgIpc) is 2.87. The lowest BCUT2D eigenvalue weighted by molar-refractivity contribution is 0.309. The molecule has 0 aliphatic heterocycles. The SMILES string of the molecule is CCCCOc1ccc(-c2nncn2CC(C)C)cc1. The fourth-order valence-electron chi connectivity index (χ4n) is 2.04. The number of benzene rings is 1. The molecule has 0 bridgehead atoms. The van der Waals surface area contributed by atoms with E-state index >= 15 is 0 Å². The molecule has 2 aromatic rings. The second kappa shape index (κ2) is 7.08. The zero-order chi connectivity index (χ0) is 14.4. The molecule has 0 spiro atoms. The molecule has 1 aromatic heterocycles. The molecule has 0 aliphatic rings. The number of hydrogen-bond donors (Lipinski definition) is 0. The van der Waals surface area contributed by atoms with Gasteiger partial charge in [-0.2, -0.15) is 0 Å². The summed E-state index contributed by atoms with van der Waals surface area (Å²) in [7, 11) is 0. The van der Waals surface area contributed by atoms with E-state index in [4.69, 9.17) is 4.74 Å². The van der Waals surface area contributed by atoms with E-state index in [-0.39, 0.29) is 0 Å². The number of aromatic nitrogens is 3. The molecule has 0 atom stereocenters. The van der Waals surface area contributed by atoms with Gasteiger partial charge in [0, 0.05) is 12.1 Å². The zero-order valence-electron chi connectivity index (χ0n) is 12.5. The molecule has 20 heavy (non-hydrogen) atoms. The molecular weight excluding hydrogens is 250 g/mol. The fourth-order valence-corrected chi connectivity index (χ4v) is 2.04. The fraction of sp³-hybridized carbons (Fsp3) is 0.500. The lowest BCUT2D eigenvalue weighted by Gasteiger charge is -2.10. The Morgan fingerprint density at radius 2 is 1.95 bits per heavy atom. The molecule has 1 aromatic carbocycles. The van der Waals surface area contributed by atoms with E-state index < -0.39 is 0 Å². The summed E-state index contributed by atoms with van der Waals surface area (Å²) in [5.74, 6) is 2.40. The predicted molar refractivity (Wildman–Crippen MR) is 80.7 cm³/mol. The normalized spacial score (nSPS) is 11.0. The van der Waals surface area contributed by atoms with Crippen molar-refractivity contribution < 1.29 is 4.74 Å². The highest BCUT2D eigenvalue weighted by atomic mass is 16.5. The van der Waals surface area contributed by atoms with Gasteiger partial charge < -0.3 is 9.30 Å². The quantitative estimate of drug-likeness (QED) is 0.721. The van der Waals surface area contributed by atoms with Crippen LogP contribution in [0.2, 0.25) is 0 Å². The van der Waals surface area contributed by atoms with Crippen molar-refractivity contribution in [1.82, 2.24) is 14.8 Å². The average molecular weight is 273 g/mol. The van der Waals surface area contributed by atoms with E-state index in [1.807, 2.05) is 24.3 Å². The van der Waals surface area contributed by atoms with Crippen LogP contribution in [0.15, 0.2) is 30.6 Å². The Kier molecular flexibility index (Phi) is 5.16. The molecule has 0 saturated heterocycles. The van der Waals surface area contributed by atoms with Crippen molar-refractivity contribution in [3.8, 4) is 17.1 Å². The second-order valence-electron chi connectivity index (χ2n) is 5.43. The van der Waals surface area contributed by atoms with Gasteiger partial charge in [0.1, 0.15) is 12.1 Å². The monoisotopic (exact) mass is 273 g/mol. The van der Waals surface area contributed by atoms with Crippen molar-refractivity contribution in [2.24, 2.45) is 5.92 Å². The molecule has 0 fully saturated rings. The lowest BCUT2D eigenvalue weighted by atomic mass is 10.2. The summed E-state index contributed by atoms with van der Waals surface area (Å²) in [6.45, 7) is 8.24. The largest absolute Gasteiger partial charge is 0.494 e. The number of nitrogens with zero attached hydrogens (tertiary/aromatic N) is 3. The van der Waals surface area contributed by atoms with Gasteiger partial charge in [0.15, 0.2) is 5.82 Å². The first-order chi connectivity index (χ1) is 9.70. The van der Waals surface area contributed by atoms with Crippen LogP contribution in [0.1, 0.15) is 33.6 Å². The highest BCUT2D eigenvalue weighted by molar-refractivity contribution is 5.56. The molecule has 4 nitrogen and oxygen atoms in total. The molecule has 4 heteroatoms. The van der Waals surface area contributed by atoms with Crippen LogP contribution in [0.25, 0.3) is 11.4 Å². The summed E-state index contributed by atoms with van der Waals surface area (Å²) >= 11 is 0. The Hall–Kier alpha value is -1.84. The van der Waals surface area contributed by atoms with Gasteiger partial charge in [0.25, 0.3) is 0 Å². The molecule has 108 valence electrons. The Labute approximate surface area is 120 Å². The van der Waals surface area contributed by atoms with Crippen LogP contribution in [0.5, 0.6) is 5.75 Å². The van der Waals surface area contributed by atoms with Crippen LogP contribution in [-0.2, 0) is 6.54 Å². The maximum absolute atomic E-state index is 5.67. The van der Waals surface area contributed by atoms with Gasteiger partial charge in [-0.15, -0.1) is 10.2 Å². The summed E-state index contributed by atoms with van der Waals surface area (Å²) in [5.41, 5.74) is 1.07. The van der Waals surface area contributed by atoms with Crippen LogP contribution in [0.4, 0.5) is 0 Å².